The quantitative estimate of drug-likeness (QED) is 0.682. The lowest BCUT2D eigenvalue weighted by atomic mass is 9.93. The highest BCUT2D eigenvalue weighted by Crippen LogP contribution is 2.16. The molecular formula is C13H23N3O. The first-order valence-electron chi connectivity index (χ1n) is 6.46. The summed E-state index contributed by atoms with van der Waals surface area (Å²) in [5, 5.41) is 6.36. The summed E-state index contributed by atoms with van der Waals surface area (Å²) in [4.78, 5) is 14.4. The van der Waals surface area contributed by atoms with Crippen molar-refractivity contribution in [3.05, 3.63) is 11.1 Å². The van der Waals surface area contributed by atoms with Crippen molar-refractivity contribution in [2.24, 2.45) is 5.92 Å². The van der Waals surface area contributed by atoms with Gasteiger partial charge in [0, 0.05) is 31.2 Å². The van der Waals surface area contributed by atoms with Gasteiger partial charge in [-0.15, -0.1) is 0 Å². The Labute approximate surface area is 103 Å². The van der Waals surface area contributed by atoms with Gasteiger partial charge in [0.1, 0.15) is 0 Å². The van der Waals surface area contributed by atoms with Crippen molar-refractivity contribution in [2.75, 3.05) is 33.2 Å². The second kappa shape index (κ2) is 5.19. The van der Waals surface area contributed by atoms with Gasteiger partial charge in [0.2, 0.25) is 5.91 Å². The Hall–Kier alpha value is -0.870. The average Bonchev–Trinajstić information content (AvgIpc) is 2.19. The topological polar surface area (TPSA) is 44.4 Å². The summed E-state index contributed by atoms with van der Waals surface area (Å²) in [6, 6.07) is 0.335. The van der Waals surface area contributed by atoms with Crippen LogP contribution in [0.1, 0.15) is 20.3 Å². The van der Waals surface area contributed by atoms with E-state index in [2.05, 4.69) is 29.5 Å². The molecule has 4 heteroatoms. The van der Waals surface area contributed by atoms with Gasteiger partial charge in [-0.05, 0) is 38.4 Å². The molecule has 0 radical (unpaired) electrons. The standard InChI is InChI=1S/C13H23N3O/c1-9-8-16(3)5-4-12(9)15-13(17)10(2)11-6-14-7-11/h9,12,14H,4-8H2,1-3H3,(H,15,17). The summed E-state index contributed by atoms with van der Waals surface area (Å²) < 4.78 is 0. The number of hydrogen-bond donors (Lipinski definition) is 2. The molecule has 2 aliphatic rings. The molecule has 0 aromatic heterocycles. The molecule has 2 unspecified atom stereocenters. The molecule has 2 fully saturated rings. The molecule has 2 heterocycles. The van der Waals surface area contributed by atoms with Crippen molar-refractivity contribution in [3.8, 4) is 0 Å². The van der Waals surface area contributed by atoms with E-state index in [-0.39, 0.29) is 5.91 Å². The molecule has 0 bridgehead atoms. The minimum atomic E-state index is 0.128. The van der Waals surface area contributed by atoms with Crippen LogP contribution in [0.25, 0.3) is 0 Å². The van der Waals surface area contributed by atoms with Gasteiger partial charge < -0.3 is 15.5 Å². The van der Waals surface area contributed by atoms with Crippen LogP contribution in [-0.4, -0.2) is 50.1 Å². The first-order chi connectivity index (χ1) is 8.08. The van der Waals surface area contributed by atoms with Crippen LogP contribution >= 0.6 is 0 Å². The lowest BCUT2D eigenvalue weighted by Crippen LogP contribution is -2.49. The minimum absolute atomic E-state index is 0.128. The van der Waals surface area contributed by atoms with Gasteiger partial charge in [-0.25, -0.2) is 0 Å². The molecule has 1 amide bonds. The molecule has 0 aromatic carbocycles. The zero-order valence-electron chi connectivity index (χ0n) is 11.0. The van der Waals surface area contributed by atoms with Gasteiger partial charge in [0.15, 0.2) is 0 Å². The van der Waals surface area contributed by atoms with Crippen LogP contribution in [0.3, 0.4) is 0 Å². The summed E-state index contributed by atoms with van der Waals surface area (Å²) in [5.41, 5.74) is 2.16. The molecule has 17 heavy (non-hydrogen) atoms. The normalized spacial score (nSPS) is 29.7. The summed E-state index contributed by atoms with van der Waals surface area (Å²) in [6.07, 6.45) is 1.06. The second-order valence-electron chi connectivity index (χ2n) is 5.44. The van der Waals surface area contributed by atoms with Crippen molar-refractivity contribution >= 4 is 5.91 Å². The summed E-state index contributed by atoms with van der Waals surface area (Å²) in [5.74, 6) is 0.665. The molecule has 0 saturated carbocycles. The predicted octanol–water partition coefficient (Wildman–Crippen LogP) is 0.363. The molecule has 2 N–H and O–H groups in total. The minimum Gasteiger partial charge on any atom is -0.349 e. The number of amides is 1. The van der Waals surface area contributed by atoms with Gasteiger partial charge in [0.25, 0.3) is 0 Å². The fourth-order valence-corrected chi connectivity index (χ4v) is 2.52. The average molecular weight is 237 g/mol. The molecular weight excluding hydrogens is 214 g/mol. The van der Waals surface area contributed by atoms with E-state index in [9.17, 15) is 4.79 Å². The first kappa shape index (κ1) is 12.6. The highest BCUT2D eigenvalue weighted by atomic mass is 16.1. The molecule has 2 rings (SSSR count). The third-order valence-electron chi connectivity index (χ3n) is 3.97. The van der Waals surface area contributed by atoms with Crippen molar-refractivity contribution in [2.45, 2.75) is 26.3 Å². The van der Waals surface area contributed by atoms with Crippen LogP contribution < -0.4 is 10.6 Å². The Morgan fingerprint density at radius 1 is 1.47 bits per heavy atom. The second-order valence-corrected chi connectivity index (χ2v) is 5.44. The van der Waals surface area contributed by atoms with E-state index in [1.54, 1.807) is 0 Å². The first-order valence-corrected chi connectivity index (χ1v) is 6.46. The maximum Gasteiger partial charge on any atom is 0.247 e. The Kier molecular flexibility index (Phi) is 3.84. The van der Waals surface area contributed by atoms with Crippen LogP contribution in [-0.2, 0) is 4.79 Å². The Bertz CT molecular complexity index is 332. The number of hydrogen-bond acceptors (Lipinski definition) is 3. The molecule has 96 valence electrons. The molecule has 2 aliphatic heterocycles. The van der Waals surface area contributed by atoms with Crippen LogP contribution in [0, 0.1) is 5.92 Å². The maximum atomic E-state index is 12.1. The Morgan fingerprint density at radius 2 is 2.18 bits per heavy atom. The van der Waals surface area contributed by atoms with Crippen molar-refractivity contribution in [1.82, 2.24) is 15.5 Å². The zero-order chi connectivity index (χ0) is 12.4. The molecule has 4 nitrogen and oxygen atoms in total. The van der Waals surface area contributed by atoms with E-state index in [1.807, 2.05) is 6.92 Å². The van der Waals surface area contributed by atoms with Crippen LogP contribution in [0.15, 0.2) is 11.1 Å². The Balaban J connectivity index is 1.90. The van der Waals surface area contributed by atoms with E-state index in [0.717, 1.165) is 38.2 Å². The zero-order valence-corrected chi connectivity index (χ0v) is 11.0. The largest absolute Gasteiger partial charge is 0.349 e. The molecule has 0 aromatic rings. The highest BCUT2D eigenvalue weighted by molar-refractivity contribution is 5.94. The maximum absolute atomic E-state index is 12.1. The lowest BCUT2D eigenvalue weighted by molar-refractivity contribution is -0.118. The van der Waals surface area contributed by atoms with Gasteiger partial charge in [0.05, 0.1) is 0 Å². The number of carbonyl (C=O) groups is 1. The molecule has 2 saturated heterocycles. The highest BCUT2D eigenvalue weighted by Gasteiger charge is 2.26. The van der Waals surface area contributed by atoms with Gasteiger partial charge in [-0.3, -0.25) is 4.79 Å². The van der Waals surface area contributed by atoms with Crippen LogP contribution in [0.4, 0.5) is 0 Å². The van der Waals surface area contributed by atoms with E-state index < -0.39 is 0 Å². The van der Waals surface area contributed by atoms with E-state index in [4.69, 9.17) is 0 Å². The predicted molar refractivity (Wildman–Crippen MR) is 68.8 cm³/mol. The van der Waals surface area contributed by atoms with E-state index in [0.29, 0.717) is 12.0 Å². The third-order valence-corrected chi connectivity index (χ3v) is 3.97. The molecule has 0 aliphatic carbocycles. The number of nitrogens with zero attached hydrogens (tertiary/aromatic N) is 1. The fourth-order valence-electron chi connectivity index (χ4n) is 2.52. The van der Waals surface area contributed by atoms with Gasteiger partial charge in [-0.2, -0.15) is 0 Å². The van der Waals surface area contributed by atoms with E-state index >= 15 is 0 Å². The van der Waals surface area contributed by atoms with Crippen molar-refractivity contribution < 1.29 is 4.79 Å². The van der Waals surface area contributed by atoms with Crippen molar-refractivity contribution in [1.29, 1.82) is 0 Å². The number of rotatable bonds is 2. The van der Waals surface area contributed by atoms with Gasteiger partial charge in [-0.1, -0.05) is 6.92 Å². The number of nitrogens with one attached hydrogen (secondary N) is 2. The lowest BCUT2D eigenvalue weighted by Gasteiger charge is -2.35. The summed E-state index contributed by atoms with van der Waals surface area (Å²) in [7, 11) is 2.14. The summed E-state index contributed by atoms with van der Waals surface area (Å²) >= 11 is 0. The molecule has 0 spiro atoms. The number of carbonyl (C=O) groups excluding carboxylic acids is 1. The third kappa shape index (κ3) is 2.87. The monoisotopic (exact) mass is 237 g/mol. The smallest absolute Gasteiger partial charge is 0.247 e. The molecule has 2 atom stereocenters. The van der Waals surface area contributed by atoms with E-state index in [1.165, 1.54) is 5.57 Å². The van der Waals surface area contributed by atoms with Gasteiger partial charge >= 0.3 is 0 Å². The number of piperidine rings is 1. The number of likely N-dealkylation sites (tertiary alicyclic amines) is 1. The Morgan fingerprint density at radius 3 is 2.71 bits per heavy atom. The SMILES string of the molecule is CC(C(=O)NC1CCN(C)CC1C)=C1CNC1. The summed E-state index contributed by atoms with van der Waals surface area (Å²) in [6.45, 7) is 8.05. The van der Waals surface area contributed by atoms with Crippen molar-refractivity contribution in [3.63, 3.8) is 0 Å². The van der Waals surface area contributed by atoms with Crippen LogP contribution in [0.5, 0.6) is 0 Å². The van der Waals surface area contributed by atoms with Crippen LogP contribution in [0.2, 0.25) is 0 Å². The fraction of sp³-hybridized carbons (Fsp3) is 0.769.